The quantitative estimate of drug-likeness (QED) is 0.673. The van der Waals surface area contributed by atoms with Gasteiger partial charge in [-0.2, -0.15) is 0 Å². The van der Waals surface area contributed by atoms with Crippen LogP contribution in [0, 0.1) is 5.92 Å². The summed E-state index contributed by atoms with van der Waals surface area (Å²) in [5.74, 6) is 0.832. The van der Waals surface area contributed by atoms with Crippen LogP contribution in [-0.2, 0) is 17.9 Å². The Balaban J connectivity index is 2.11. The average Bonchev–Trinajstić information content (AvgIpc) is 2.35. The van der Waals surface area contributed by atoms with Gasteiger partial charge in [-0.15, -0.1) is 0 Å². The zero-order valence-electron chi connectivity index (χ0n) is 12.0. The Labute approximate surface area is 112 Å². The van der Waals surface area contributed by atoms with Crippen LogP contribution in [0.3, 0.4) is 0 Å². The molecule has 0 aliphatic heterocycles. The minimum atomic E-state index is 0.697. The summed E-state index contributed by atoms with van der Waals surface area (Å²) in [6.45, 7) is 7.36. The normalized spacial score (nSPS) is 11.1. The van der Waals surface area contributed by atoms with Crippen molar-refractivity contribution in [3.8, 4) is 0 Å². The van der Waals surface area contributed by atoms with E-state index >= 15 is 0 Å². The Morgan fingerprint density at radius 1 is 1.06 bits per heavy atom. The lowest BCUT2D eigenvalue weighted by atomic mass is 10.1. The Kier molecular flexibility index (Phi) is 7.70. The topological polar surface area (TPSA) is 21.3 Å². The van der Waals surface area contributed by atoms with Crippen molar-refractivity contribution in [3.63, 3.8) is 0 Å². The highest BCUT2D eigenvalue weighted by Crippen LogP contribution is 2.07. The van der Waals surface area contributed by atoms with Crippen molar-refractivity contribution < 1.29 is 4.74 Å². The van der Waals surface area contributed by atoms with Gasteiger partial charge >= 0.3 is 0 Å². The molecule has 1 rings (SSSR count). The third-order valence-electron chi connectivity index (χ3n) is 3.05. The average molecular weight is 249 g/mol. The molecular weight excluding hydrogens is 222 g/mol. The molecule has 0 aliphatic carbocycles. The lowest BCUT2D eigenvalue weighted by molar-refractivity contribution is 0.185. The molecule has 0 saturated carbocycles. The van der Waals surface area contributed by atoms with E-state index in [0.29, 0.717) is 6.61 Å². The lowest BCUT2D eigenvalue weighted by Crippen LogP contribution is -2.14. The van der Waals surface area contributed by atoms with Crippen molar-refractivity contribution in [3.05, 3.63) is 35.4 Å². The predicted molar refractivity (Wildman–Crippen MR) is 77.6 cm³/mol. The molecule has 1 aromatic rings. The first-order valence-electron chi connectivity index (χ1n) is 7.00. The summed E-state index contributed by atoms with van der Waals surface area (Å²) in [5.41, 5.74) is 2.58. The number of nitrogens with one attached hydrogen (secondary N) is 1. The van der Waals surface area contributed by atoms with E-state index in [4.69, 9.17) is 4.74 Å². The van der Waals surface area contributed by atoms with Crippen molar-refractivity contribution >= 4 is 0 Å². The highest BCUT2D eigenvalue weighted by Gasteiger charge is 1.96. The second-order valence-corrected chi connectivity index (χ2v) is 5.32. The smallest absolute Gasteiger partial charge is 0.0713 e. The van der Waals surface area contributed by atoms with Gasteiger partial charge in [0.05, 0.1) is 6.61 Å². The van der Waals surface area contributed by atoms with Crippen LogP contribution in [0.4, 0.5) is 0 Å². The number of unbranched alkanes of at least 4 members (excludes halogenated alkanes) is 1. The molecule has 0 heterocycles. The molecule has 2 heteroatoms. The Morgan fingerprint density at radius 2 is 1.72 bits per heavy atom. The van der Waals surface area contributed by atoms with E-state index in [9.17, 15) is 0 Å². The maximum atomic E-state index is 5.10. The number of methoxy groups -OCH3 is 1. The summed E-state index contributed by atoms with van der Waals surface area (Å²) < 4.78 is 5.10. The number of ether oxygens (including phenoxy) is 1. The molecule has 0 saturated heterocycles. The molecule has 0 aromatic heterocycles. The first kappa shape index (κ1) is 15.2. The van der Waals surface area contributed by atoms with Crippen LogP contribution in [0.25, 0.3) is 0 Å². The van der Waals surface area contributed by atoms with Crippen LogP contribution >= 0.6 is 0 Å². The first-order chi connectivity index (χ1) is 8.72. The Morgan fingerprint density at radius 3 is 2.33 bits per heavy atom. The minimum Gasteiger partial charge on any atom is -0.380 e. The van der Waals surface area contributed by atoms with Crippen molar-refractivity contribution in [1.82, 2.24) is 5.32 Å². The maximum absolute atomic E-state index is 5.10. The molecule has 0 amide bonds. The monoisotopic (exact) mass is 249 g/mol. The zero-order valence-corrected chi connectivity index (χ0v) is 12.0. The van der Waals surface area contributed by atoms with Crippen LogP contribution in [0.2, 0.25) is 0 Å². The Hall–Kier alpha value is -0.860. The number of benzene rings is 1. The SMILES string of the molecule is COCc1ccc(CNCCCCC(C)C)cc1. The molecule has 0 radical (unpaired) electrons. The highest BCUT2D eigenvalue weighted by atomic mass is 16.5. The van der Waals surface area contributed by atoms with Crippen LogP contribution in [-0.4, -0.2) is 13.7 Å². The number of rotatable bonds is 9. The van der Waals surface area contributed by atoms with E-state index in [1.165, 1.54) is 30.4 Å². The molecule has 102 valence electrons. The molecule has 18 heavy (non-hydrogen) atoms. The number of hydrogen-bond acceptors (Lipinski definition) is 2. The van der Waals surface area contributed by atoms with Gasteiger partial charge in [0.1, 0.15) is 0 Å². The van der Waals surface area contributed by atoms with E-state index in [2.05, 4.69) is 43.4 Å². The van der Waals surface area contributed by atoms with Gasteiger partial charge in [0.15, 0.2) is 0 Å². The summed E-state index contributed by atoms with van der Waals surface area (Å²) in [4.78, 5) is 0. The van der Waals surface area contributed by atoms with Crippen molar-refractivity contribution in [2.45, 2.75) is 46.3 Å². The summed E-state index contributed by atoms with van der Waals surface area (Å²) in [7, 11) is 1.73. The van der Waals surface area contributed by atoms with E-state index in [0.717, 1.165) is 19.0 Å². The Bertz CT molecular complexity index is 305. The minimum absolute atomic E-state index is 0.697. The van der Waals surface area contributed by atoms with Crippen LogP contribution in [0.15, 0.2) is 24.3 Å². The largest absolute Gasteiger partial charge is 0.380 e. The summed E-state index contributed by atoms with van der Waals surface area (Å²) >= 11 is 0. The molecule has 0 spiro atoms. The van der Waals surface area contributed by atoms with Crippen molar-refractivity contribution in [2.75, 3.05) is 13.7 Å². The van der Waals surface area contributed by atoms with Crippen LogP contribution in [0.5, 0.6) is 0 Å². The third kappa shape index (κ3) is 6.77. The summed E-state index contributed by atoms with van der Waals surface area (Å²) in [6, 6.07) is 8.63. The van der Waals surface area contributed by atoms with Crippen molar-refractivity contribution in [1.29, 1.82) is 0 Å². The van der Waals surface area contributed by atoms with Crippen LogP contribution < -0.4 is 5.32 Å². The maximum Gasteiger partial charge on any atom is 0.0713 e. The second-order valence-electron chi connectivity index (χ2n) is 5.32. The summed E-state index contributed by atoms with van der Waals surface area (Å²) in [6.07, 6.45) is 3.95. The predicted octanol–water partition coefficient (Wildman–Crippen LogP) is 3.75. The molecular formula is C16H27NO. The van der Waals surface area contributed by atoms with E-state index in [1.54, 1.807) is 7.11 Å². The highest BCUT2D eigenvalue weighted by molar-refractivity contribution is 5.21. The van der Waals surface area contributed by atoms with Gasteiger partial charge in [-0.1, -0.05) is 51.0 Å². The summed E-state index contributed by atoms with van der Waals surface area (Å²) in [5, 5.41) is 3.50. The van der Waals surface area contributed by atoms with Gasteiger partial charge in [0.2, 0.25) is 0 Å². The van der Waals surface area contributed by atoms with E-state index < -0.39 is 0 Å². The molecule has 2 nitrogen and oxygen atoms in total. The number of hydrogen-bond donors (Lipinski definition) is 1. The third-order valence-corrected chi connectivity index (χ3v) is 3.05. The molecule has 0 bridgehead atoms. The van der Waals surface area contributed by atoms with Gasteiger partial charge in [-0.25, -0.2) is 0 Å². The van der Waals surface area contributed by atoms with Gasteiger partial charge in [0, 0.05) is 13.7 Å². The first-order valence-corrected chi connectivity index (χ1v) is 7.00. The van der Waals surface area contributed by atoms with Gasteiger partial charge in [0.25, 0.3) is 0 Å². The standard InChI is InChI=1S/C16H27NO/c1-14(2)6-4-5-11-17-12-15-7-9-16(10-8-15)13-18-3/h7-10,14,17H,4-6,11-13H2,1-3H3. The van der Waals surface area contributed by atoms with Crippen LogP contribution in [0.1, 0.15) is 44.2 Å². The molecule has 0 fully saturated rings. The zero-order chi connectivity index (χ0) is 13.2. The molecule has 0 unspecified atom stereocenters. The molecule has 1 aromatic carbocycles. The lowest BCUT2D eigenvalue weighted by Gasteiger charge is -2.07. The fourth-order valence-corrected chi connectivity index (χ4v) is 1.96. The molecule has 1 N–H and O–H groups in total. The van der Waals surface area contributed by atoms with Gasteiger partial charge < -0.3 is 10.1 Å². The molecule has 0 atom stereocenters. The van der Waals surface area contributed by atoms with Gasteiger partial charge in [-0.3, -0.25) is 0 Å². The van der Waals surface area contributed by atoms with Crippen molar-refractivity contribution in [2.24, 2.45) is 5.92 Å². The molecule has 0 aliphatic rings. The van der Waals surface area contributed by atoms with E-state index in [1.807, 2.05) is 0 Å². The van der Waals surface area contributed by atoms with E-state index in [-0.39, 0.29) is 0 Å². The fourth-order valence-electron chi connectivity index (χ4n) is 1.96. The fraction of sp³-hybridized carbons (Fsp3) is 0.625. The second kappa shape index (κ2) is 9.12. The van der Waals surface area contributed by atoms with Gasteiger partial charge in [-0.05, 0) is 30.0 Å².